The van der Waals surface area contributed by atoms with Gasteiger partial charge in [0, 0.05) is 49.4 Å². The van der Waals surface area contributed by atoms with E-state index in [4.69, 9.17) is 17.0 Å². The molecule has 1 aliphatic heterocycles. The number of hydrogen-bond donors (Lipinski definition) is 2. The summed E-state index contributed by atoms with van der Waals surface area (Å²) in [6, 6.07) is 5.42. The fourth-order valence-electron chi connectivity index (χ4n) is 3.06. The van der Waals surface area contributed by atoms with Gasteiger partial charge in [0.1, 0.15) is 11.3 Å². The van der Waals surface area contributed by atoms with Crippen molar-refractivity contribution in [1.82, 2.24) is 20.2 Å². The lowest BCUT2D eigenvalue weighted by molar-refractivity contribution is 0.150. The van der Waals surface area contributed by atoms with Crippen molar-refractivity contribution in [2.75, 3.05) is 26.2 Å². The SMILES string of the molecule is N=C/C(=C\NCCCN1CCC(F)CC1)c1cnc2ccc(Cl)nc2c1. The van der Waals surface area contributed by atoms with Crippen LogP contribution in [0.3, 0.4) is 0 Å². The first kappa shape index (κ1) is 18.7. The number of piperidine rings is 1. The van der Waals surface area contributed by atoms with Crippen LogP contribution in [-0.4, -0.2) is 53.4 Å². The van der Waals surface area contributed by atoms with E-state index in [0.29, 0.717) is 23.5 Å². The number of aromatic nitrogens is 2. The molecule has 0 unspecified atom stereocenters. The van der Waals surface area contributed by atoms with Crippen LogP contribution >= 0.6 is 11.6 Å². The maximum absolute atomic E-state index is 13.1. The molecule has 3 rings (SSSR count). The highest BCUT2D eigenvalue weighted by Crippen LogP contribution is 2.18. The first-order chi connectivity index (χ1) is 12.7. The number of pyridine rings is 2. The molecule has 3 heterocycles. The molecule has 2 N–H and O–H groups in total. The second kappa shape index (κ2) is 9.05. The monoisotopic (exact) mass is 375 g/mol. The predicted molar refractivity (Wildman–Crippen MR) is 104 cm³/mol. The zero-order valence-electron chi connectivity index (χ0n) is 14.6. The third-order valence-corrected chi connectivity index (χ3v) is 4.77. The lowest BCUT2D eigenvalue weighted by Crippen LogP contribution is -2.35. The lowest BCUT2D eigenvalue weighted by atomic mass is 10.1. The summed E-state index contributed by atoms with van der Waals surface area (Å²) >= 11 is 5.94. The van der Waals surface area contributed by atoms with Gasteiger partial charge in [0.05, 0.1) is 11.0 Å². The number of halogens is 2. The van der Waals surface area contributed by atoms with Gasteiger partial charge >= 0.3 is 0 Å². The van der Waals surface area contributed by atoms with Crippen molar-refractivity contribution in [1.29, 1.82) is 5.41 Å². The van der Waals surface area contributed by atoms with E-state index in [0.717, 1.165) is 49.3 Å². The molecule has 0 spiro atoms. The molecule has 26 heavy (non-hydrogen) atoms. The van der Waals surface area contributed by atoms with E-state index in [9.17, 15) is 4.39 Å². The number of alkyl halides is 1. The van der Waals surface area contributed by atoms with Crippen LogP contribution < -0.4 is 5.32 Å². The minimum absolute atomic E-state index is 0.423. The van der Waals surface area contributed by atoms with Gasteiger partial charge in [0.2, 0.25) is 0 Å². The Morgan fingerprint density at radius 1 is 1.35 bits per heavy atom. The van der Waals surface area contributed by atoms with E-state index < -0.39 is 6.17 Å². The van der Waals surface area contributed by atoms with E-state index >= 15 is 0 Å². The number of rotatable bonds is 7. The van der Waals surface area contributed by atoms with Crippen molar-refractivity contribution < 1.29 is 4.39 Å². The fourth-order valence-corrected chi connectivity index (χ4v) is 3.21. The van der Waals surface area contributed by atoms with Crippen LogP contribution in [-0.2, 0) is 0 Å². The summed E-state index contributed by atoms with van der Waals surface area (Å²) in [6.45, 7) is 3.47. The molecule has 2 aromatic heterocycles. The number of nitrogens with zero attached hydrogens (tertiary/aromatic N) is 3. The quantitative estimate of drug-likeness (QED) is 0.440. The van der Waals surface area contributed by atoms with Crippen LogP contribution in [0, 0.1) is 5.41 Å². The third-order valence-electron chi connectivity index (χ3n) is 4.56. The third kappa shape index (κ3) is 4.99. The topological polar surface area (TPSA) is 64.9 Å². The van der Waals surface area contributed by atoms with Crippen molar-refractivity contribution in [2.24, 2.45) is 0 Å². The zero-order valence-corrected chi connectivity index (χ0v) is 15.3. The molecule has 0 atom stereocenters. The summed E-state index contributed by atoms with van der Waals surface area (Å²) in [5.74, 6) is 0. The number of fused-ring (bicyclic) bond motifs is 1. The predicted octanol–water partition coefficient (Wildman–Crippen LogP) is 3.69. The van der Waals surface area contributed by atoms with Gasteiger partial charge < -0.3 is 15.6 Å². The fraction of sp³-hybridized carbons (Fsp3) is 0.421. The van der Waals surface area contributed by atoms with Crippen LogP contribution in [0.25, 0.3) is 16.6 Å². The first-order valence-electron chi connectivity index (χ1n) is 8.89. The molecule has 1 saturated heterocycles. The molecule has 7 heteroatoms. The smallest absolute Gasteiger partial charge is 0.129 e. The number of allylic oxidation sites excluding steroid dienone is 1. The molecular weight excluding hydrogens is 353 g/mol. The summed E-state index contributed by atoms with van der Waals surface area (Å²) in [7, 11) is 0. The van der Waals surface area contributed by atoms with Crippen molar-refractivity contribution in [3.8, 4) is 0 Å². The van der Waals surface area contributed by atoms with Gasteiger partial charge in [-0.3, -0.25) is 4.98 Å². The Bertz CT molecular complexity index is 787. The van der Waals surface area contributed by atoms with Crippen LogP contribution in [0.1, 0.15) is 24.8 Å². The van der Waals surface area contributed by atoms with Crippen molar-refractivity contribution in [3.05, 3.63) is 41.3 Å². The zero-order chi connectivity index (χ0) is 18.4. The van der Waals surface area contributed by atoms with Gasteiger partial charge in [-0.05, 0) is 44.0 Å². The summed E-state index contributed by atoms with van der Waals surface area (Å²) in [5, 5.41) is 11.3. The minimum Gasteiger partial charge on any atom is -0.390 e. The summed E-state index contributed by atoms with van der Waals surface area (Å²) < 4.78 is 13.1. The van der Waals surface area contributed by atoms with Crippen molar-refractivity contribution in [3.63, 3.8) is 0 Å². The van der Waals surface area contributed by atoms with Gasteiger partial charge in [-0.25, -0.2) is 9.37 Å². The Morgan fingerprint density at radius 3 is 2.92 bits per heavy atom. The number of nitrogens with one attached hydrogen (secondary N) is 2. The van der Waals surface area contributed by atoms with Gasteiger partial charge in [-0.1, -0.05) is 11.6 Å². The van der Waals surface area contributed by atoms with E-state index in [1.807, 2.05) is 18.3 Å². The van der Waals surface area contributed by atoms with Crippen LogP contribution in [0.5, 0.6) is 0 Å². The standard InChI is InChI=1S/C19H23ClFN5/c20-19-3-2-17-18(25-19)10-14(13-24-17)15(11-22)12-23-6-1-7-26-8-4-16(21)5-9-26/h2-3,10-13,16,22-23H,1,4-9H2/b15-12+,22-11?. The molecule has 0 aromatic carbocycles. The average molecular weight is 376 g/mol. The number of likely N-dealkylation sites (tertiary alicyclic amines) is 1. The summed E-state index contributed by atoms with van der Waals surface area (Å²) in [5.41, 5.74) is 3.03. The van der Waals surface area contributed by atoms with E-state index in [2.05, 4.69) is 20.2 Å². The van der Waals surface area contributed by atoms with Gasteiger partial charge in [0.15, 0.2) is 0 Å². The van der Waals surface area contributed by atoms with Gasteiger partial charge in [-0.15, -0.1) is 0 Å². The lowest BCUT2D eigenvalue weighted by Gasteiger charge is -2.28. The second-order valence-electron chi connectivity index (χ2n) is 6.46. The highest BCUT2D eigenvalue weighted by molar-refractivity contribution is 6.29. The molecule has 0 bridgehead atoms. The molecule has 1 fully saturated rings. The average Bonchev–Trinajstić information content (AvgIpc) is 2.65. The molecule has 1 aliphatic rings. The molecule has 138 valence electrons. The van der Waals surface area contributed by atoms with E-state index in [1.165, 1.54) is 6.21 Å². The molecule has 5 nitrogen and oxygen atoms in total. The first-order valence-corrected chi connectivity index (χ1v) is 9.26. The summed E-state index contributed by atoms with van der Waals surface area (Å²) in [6.07, 6.45) is 6.52. The molecule has 0 amide bonds. The van der Waals surface area contributed by atoms with Crippen LogP contribution in [0.4, 0.5) is 4.39 Å². The Balaban J connectivity index is 1.54. The highest BCUT2D eigenvalue weighted by Gasteiger charge is 2.17. The largest absolute Gasteiger partial charge is 0.390 e. The normalized spacial score (nSPS) is 16.8. The Hall–Kier alpha value is -2.05. The molecule has 0 aliphatic carbocycles. The molecular formula is C19H23ClFN5. The van der Waals surface area contributed by atoms with Crippen molar-refractivity contribution >= 4 is 34.4 Å². The van der Waals surface area contributed by atoms with E-state index in [1.54, 1.807) is 12.3 Å². The Kier molecular flexibility index (Phi) is 6.52. The minimum atomic E-state index is -0.623. The van der Waals surface area contributed by atoms with Crippen molar-refractivity contribution in [2.45, 2.75) is 25.4 Å². The Morgan fingerprint density at radius 2 is 2.15 bits per heavy atom. The van der Waals surface area contributed by atoms with Crippen LogP contribution in [0.2, 0.25) is 5.15 Å². The molecule has 0 radical (unpaired) electrons. The number of hydrogen-bond acceptors (Lipinski definition) is 5. The van der Waals surface area contributed by atoms with E-state index in [-0.39, 0.29) is 0 Å². The Labute approximate surface area is 157 Å². The molecule has 2 aromatic rings. The highest BCUT2D eigenvalue weighted by atomic mass is 35.5. The molecule has 0 saturated carbocycles. The maximum Gasteiger partial charge on any atom is 0.129 e. The van der Waals surface area contributed by atoms with Gasteiger partial charge in [0.25, 0.3) is 0 Å². The summed E-state index contributed by atoms with van der Waals surface area (Å²) in [4.78, 5) is 10.9. The maximum atomic E-state index is 13.1. The van der Waals surface area contributed by atoms with Gasteiger partial charge in [-0.2, -0.15) is 0 Å². The van der Waals surface area contributed by atoms with Crippen LogP contribution in [0.15, 0.2) is 30.6 Å². The second-order valence-corrected chi connectivity index (χ2v) is 6.85.